The lowest BCUT2D eigenvalue weighted by Crippen LogP contribution is -2.55. The molecule has 4 bridgehead atoms. The summed E-state index contributed by atoms with van der Waals surface area (Å²) >= 11 is 5.84. The van der Waals surface area contributed by atoms with Crippen LogP contribution in [0, 0.1) is 31.1 Å². The first kappa shape index (κ1) is 21.1. The van der Waals surface area contributed by atoms with Crippen molar-refractivity contribution in [1.29, 1.82) is 0 Å². The Morgan fingerprint density at radius 2 is 1.90 bits per heavy atom. The van der Waals surface area contributed by atoms with Gasteiger partial charge in [-0.25, -0.2) is 4.99 Å². The summed E-state index contributed by atoms with van der Waals surface area (Å²) in [4.78, 5) is 20.9. The zero-order valence-corrected chi connectivity index (χ0v) is 21.0. The van der Waals surface area contributed by atoms with Crippen molar-refractivity contribution in [2.75, 3.05) is 5.75 Å². The summed E-state index contributed by atoms with van der Waals surface area (Å²) in [6, 6.07) is 6.37. The van der Waals surface area contributed by atoms with E-state index in [0.29, 0.717) is 10.7 Å². The fourth-order valence-electron chi connectivity index (χ4n) is 7.04. The third-order valence-corrected chi connectivity index (χ3v) is 10.1. The fraction of sp³-hybridized carbons (Fsp3) is 0.680. The zero-order chi connectivity index (χ0) is 21.3. The molecule has 1 aromatic rings. The summed E-state index contributed by atoms with van der Waals surface area (Å²) in [5.74, 6) is 2.81. The number of aliphatic imine (C=N–C) groups is 1. The van der Waals surface area contributed by atoms with E-state index in [2.05, 4.69) is 61.8 Å². The molecule has 1 saturated heterocycles. The highest BCUT2D eigenvalue weighted by Gasteiger charge is 2.58. The molecule has 4 aliphatic carbocycles. The van der Waals surface area contributed by atoms with Crippen molar-refractivity contribution in [3.05, 3.63) is 29.3 Å². The normalized spacial score (nSPS) is 37.9. The molecule has 4 saturated carbocycles. The van der Waals surface area contributed by atoms with E-state index in [-0.39, 0.29) is 16.9 Å². The van der Waals surface area contributed by atoms with Crippen LogP contribution in [0.5, 0.6) is 0 Å². The van der Waals surface area contributed by atoms with Gasteiger partial charge < -0.3 is 0 Å². The first-order valence-electron chi connectivity index (χ1n) is 11.4. The molecule has 1 aliphatic heterocycles. The second-order valence-corrected chi connectivity index (χ2v) is 13.9. The lowest BCUT2D eigenvalue weighted by molar-refractivity contribution is -0.137. The summed E-state index contributed by atoms with van der Waals surface area (Å²) in [5, 5.41) is 0.886. The molecule has 2 unspecified atom stereocenters. The molecule has 6 rings (SSSR count). The third kappa shape index (κ3) is 3.68. The maximum atomic E-state index is 13.8. The Kier molecular flexibility index (Phi) is 4.98. The van der Waals surface area contributed by atoms with Crippen molar-refractivity contribution in [2.45, 2.75) is 82.5 Å². The second-order valence-electron chi connectivity index (χ2n) is 11.3. The van der Waals surface area contributed by atoms with Crippen LogP contribution in [0.15, 0.2) is 23.2 Å². The summed E-state index contributed by atoms with van der Waals surface area (Å²) < 4.78 is 0.294. The van der Waals surface area contributed by atoms with E-state index in [1.807, 2.05) is 4.90 Å². The van der Waals surface area contributed by atoms with E-state index in [4.69, 9.17) is 4.99 Å². The highest BCUT2D eigenvalue weighted by atomic mass is 79.9. The molecule has 30 heavy (non-hydrogen) atoms. The number of hydrogen-bond acceptors (Lipinski definition) is 3. The number of amides is 1. The van der Waals surface area contributed by atoms with E-state index in [1.165, 1.54) is 44.1 Å². The minimum absolute atomic E-state index is 0.188. The molecule has 2 atom stereocenters. The van der Waals surface area contributed by atoms with Crippen molar-refractivity contribution < 1.29 is 4.79 Å². The van der Waals surface area contributed by atoms with Crippen LogP contribution in [0.25, 0.3) is 0 Å². The van der Waals surface area contributed by atoms with Gasteiger partial charge in [-0.1, -0.05) is 39.8 Å². The fourth-order valence-corrected chi connectivity index (χ4v) is 9.80. The number of alkyl halides is 1. The van der Waals surface area contributed by atoms with Crippen LogP contribution in [0.2, 0.25) is 0 Å². The van der Waals surface area contributed by atoms with Crippen molar-refractivity contribution in [3.63, 3.8) is 0 Å². The van der Waals surface area contributed by atoms with E-state index >= 15 is 0 Å². The smallest absolute Gasteiger partial charge is 0.229 e. The topological polar surface area (TPSA) is 32.7 Å². The highest BCUT2D eigenvalue weighted by Crippen LogP contribution is 2.65. The molecule has 0 radical (unpaired) electrons. The molecular weight excluding hydrogens is 456 g/mol. The largest absolute Gasteiger partial charge is 0.285 e. The molecule has 5 heteroatoms. The molecule has 5 fully saturated rings. The number of amidine groups is 1. The number of rotatable bonds is 3. The molecule has 0 N–H and O–H groups in total. The van der Waals surface area contributed by atoms with Crippen molar-refractivity contribution >= 4 is 44.5 Å². The maximum Gasteiger partial charge on any atom is 0.229 e. The standard InChI is InChI=1S/C25H33BrN2OS/c1-16-5-6-17(2)20(7-16)27-22-28(23(3,4)15-30-22)21(29)13-24-9-18-8-19(10-24)12-25(26,11-18)14-24/h5-7,18-19H,8-15H2,1-4H3. The summed E-state index contributed by atoms with van der Waals surface area (Å²) in [6.07, 6.45) is 8.34. The Labute approximate surface area is 193 Å². The van der Waals surface area contributed by atoms with E-state index in [9.17, 15) is 4.79 Å². The van der Waals surface area contributed by atoms with Crippen molar-refractivity contribution in [2.24, 2.45) is 22.2 Å². The van der Waals surface area contributed by atoms with Gasteiger partial charge in [-0.15, -0.1) is 0 Å². The van der Waals surface area contributed by atoms with Crippen LogP contribution in [0.4, 0.5) is 5.69 Å². The van der Waals surface area contributed by atoms with E-state index in [0.717, 1.165) is 34.0 Å². The quantitative estimate of drug-likeness (QED) is 0.439. The number of halogens is 1. The van der Waals surface area contributed by atoms with Gasteiger partial charge in [-0.05, 0) is 101 Å². The average molecular weight is 490 g/mol. The average Bonchev–Trinajstić information content (AvgIpc) is 2.90. The van der Waals surface area contributed by atoms with Crippen LogP contribution in [0.3, 0.4) is 0 Å². The van der Waals surface area contributed by atoms with Crippen LogP contribution in [0.1, 0.15) is 69.9 Å². The van der Waals surface area contributed by atoms with Crippen molar-refractivity contribution in [3.8, 4) is 0 Å². The van der Waals surface area contributed by atoms with Gasteiger partial charge in [-0.2, -0.15) is 0 Å². The molecule has 1 amide bonds. The van der Waals surface area contributed by atoms with Gasteiger partial charge in [0.05, 0.1) is 11.2 Å². The third-order valence-electron chi connectivity index (χ3n) is 7.82. The lowest BCUT2D eigenvalue weighted by atomic mass is 9.48. The monoisotopic (exact) mass is 488 g/mol. The number of aryl methyl sites for hydroxylation is 2. The van der Waals surface area contributed by atoms with Gasteiger partial charge in [0.2, 0.25) is 5.91 Å². The number of thioether (sulfide) groups is 1. The van der Waals surface area contributed by atoms with Crippen LogP contribution in [-0.4, -0.2) is 31.6 Å². The first-order chi connectivity index (χ1) is 14.1. The van der Waals surface area contributed by atoms with Gasteiger partial charge in [0.25, 0.3) is 0 Å². The second kappa shape index (κ2) is 7.10. The number of nitrogens with zero attached hydrogens (tertiary/aromatic N) is 2. The predicted molar refractivity (Wildman–Crippen MR) is 130 cm³/mol. The van der Waals surface area contributed by atoms with Crippen LogP contribution >= 0.6 is 27.7 Å². The SMILES string of the molecule is Cc1ccc(C)c(N=C2SCC(C)(C)N2C(=O)CC23CC4CC(CC(Br)(C4)C2)C3)c1. The van der Waals surface area contributed by atoms with Gasteiger partial charge in [0.1, 0.15) is 0 Å². The number of carbonyl (C=O) groups excluding carboxylic acids is 1. The Hall–Kier alpha value is -0.810. The summed E-state index contributed by atoms with van der Waals surface area (Å²) in [5.41, 5.74) is 3.36. The number of hydrogen-bond donors (Lipinski definition) is 0. The van der Waals surface area contributed by atoms with Gasteiger partial charge in [-0.3, -0.25) is 9.69 Å². The molecule has 3 nitrogen and oxygen atoms in total. The lowest BCUT2D eigenvalue weighted by Gasteiger charge is -2.60. The molecular formula is C25H33BrN2OS. The number of carbonyl (C=O) groups is 1. The minimum atomic E-state index is -0.188. The Bertz CT molecular complexity index is 910. The van der Waals surface area contributed by atoms with Gasteiger partial charge in [0.15, 0.2) is 5.17 Å². The molecule has 0 spiro atoms. The molecule has 1 aromatic carbocycles. The Morgan fingerprint density at radius 3 is 2.57 bits per heavy atom. The van der Waals surface area contributed by atoms with E-state index < -0.39 is 0 Å². The predicted octanol–water partition coefficient (Wildman–Crippen LogP) is 6.77. The van der Waals surface area contributed by atoms with E-state index in [1.54, 1.807) is 11.8 Å². The molecule has 1 heterocycles. The highest BCUT2D eigenvalue weighted by molar-refractivity contribution is 9.10. The van der Waals surface area contributed by atoms with Crippen molar-refractivity contribution in [1.82, 2.24) is 4.90 Å². The van der Waals surface area contributed by atoms with Gasteiger partial charge >= 0.3 is 0 Å². The van der Waals surface area contributed by atoms with Crippen LogP contribution in [-0.2, 0) is 4.79 Å². The zero-order valence-electron chi connectivity index (χ0n) is 18.6. The Balaban J connectivity index is 1.43. The van der Waals surface area contributed by atoms with Crippen LogP contribution < -0.4 is 0 Å². The molecule has 162 valence electrons. The van der Waals surface area contributed by atoms with Gasteiger partial charge in [0, 0.05) is 16.5 Å². The summed E-state index contributed by atoms with van der Waals surface area (Å²) in [7, 11) is 0. The Morgan fingerprint density at radius 1 is 1.20 bits per heavy atom. The molecule has 5 aliphatic rings. The first-order valence-corrected chi connectivity index (χ1v) is 13.2. The minimum Gasteiger partial charge on any atom is -0.285 e. The number of benzene rings is 1. The molecule has 0 aromatic heterocycles. The maximum absolute atomic E-state index is 13.8. The summed E-state index contributed by atoms with van der Waals surface area (Å²) in [6.45, 7) is 8.58.